The van der Waals surface area contributed by atoms with E-state index in [9.17, 15) is 9.90 Å². The molecule has 2 atom stereocenters. The highest BCUT2D eigenvalue weighted by Crippen LogP contribution is 2.63. The Kier molecular flexibility index (Phi) is 4.95. The molecule has 1 fully saturated rings. The predicted molar refractivity (Wildman–Crippen MR) is 87.3 cm³/mol. The number of rotatable bonds is 6. The first-order valence-electron chi connectivity index (χ1n) is 7.26. The molecule has 1 aliphatic carbocycles. The lowest BCUT2D eigenvalue weighted by Crippen LogP contribution is -2.36. The van der Waals surface area contributed by atoms with Crippen molar-refractivity contribution in [1.29, 1.82) is 0 Å². The Bertz CT molecular complexity index is 545. The number of hydrogen-bond donors (Lipinski definition) is 2. The van der Waals surface area contributed by atoms with Crippen LogP contribution in [0, 0.1) is 5.41 Å². The van der Waals surface area contributed by atoms with Gasteiger partial charge in [0.05, 0.1) is 17.6 Å². The minimum absolute atomic E-state index is 0.0979. The Morgan fingerprint density at radius 1 is 1.36 bits per heavy atom. The minimum atomic E-state index is -1.00. The largest absolute Gasteiger partial charge is 0.491 e. The first kappa shape index (κ1) is 17.4. The molecule has 0 heterocycles. The van der Waals surface area contributed by atoms with Crippen LogP contribution < -0.4 is 10.1 Å². The topological polar surface area (TPSA) is 58.6 Å². The monoisotopic (exact) mass is 345 g/mol. The molecule has 4 nitrogen and oxygen atoms in total. The van der Waals surface area contributed by atoms with Gasteiger partial charge >= 0.3 is 0 Å². The van der Waals surface area contributed by atoms with Gasteiger partial charge in [-0.05, 0) is 44.9 Å². The molecule has 2 rings (SSSR count). The number of amides is 1. The normalized spacial score (nSPS) is 24.0. The molecule has 22 heavy (non-hydrogen) atoms. The second-order valence-electron chi connectivity index (χ2n) is 6.17. The van der Waals surface area contributed by atoms with Crippen LogP contribution in [0.3, 0.4) is 0 Å². The molecule has 0 aromatic heterocycles. The lowest BCUT2D eigenvalue weighted by molar-refractivity contribution is -0.126. The molecule has 1 aromatic rings. The number of nitrogens with one attached hydrogen (secondary N) is 1. The van der Waals surface area contributed by atoms with Gasteiger partial charge in [-0.3, -0.25) is 4.79 Å². The zero-order chi connectivity index (χ0) is 16.5. The summed E-state index contributed by atoms with van der Waals surface area (Å²) in [7, 11) is 0. The molecule has 2 N–H and O–H groups in total. The smallest absolute Gasteiger partial charge is 0.229 e. The lowest BCUT2D eigenvalue weighted by Gasteiger charge is -2.16. The highest BCUT2D eigenvalue weighted by molar-refractivity contribution is 6.53. The number of alkyl halides is 2. The van der Waals surface area contributed by atoms with E-state index in [1.165, 1.54) is 0 Å². The van der Waals surface area contributed by atoms with Crippen molar-refractivity contribution in [3.05, 3.63) is 29.8 Å². The van der Waals surface area contributed by atoms with Crippen LogP contribution in [0.4, 0.5) is 0 Å². The van der Waals surface area contributed by atoms with Crippen LogP contribution >= 0.6 is 23.2 Å². The SMILES string of the molecule is CC(C)Oc1ccc([C@@H](O)CNC(=O)[C@@]2(C)CC2(Cl)Cl)cc1. The van der Waals surface area contributed by atoms with E-state index < -0.39 is 15.9 Å². The van der Waals surface area contributed by atoms with E-state index in [1.54, 1.807) is 31.2 Å². The van der Waals surface area contributed by atoms with Crippen molar-refractivity contribution in [2.75, 3.05) is 6.54 Å². The molecular formula is C16H21Cl2NO3. The van der Waals surface area contributed by atoms with E-state index >= 15 is 0 Å². The van der Waals surface area contributed by atoms with E-state index in [2.05, 4.69) is 5.32 Å². The summed E-state index contributed by atoms with van der Waals surface area (Å²) in [6.07, 6.45) is -0.271. The van der Waals surface area contributed by atoms with Gasteiger partial charge in [0.2, 0.25) is 5.91 Å². The van der Waals surface area contributed by atoms with Crippen LogP contribution in [-0.4, -0.2) is 28.0 Å². The Balaban J connectivity index is 1.87. The summed E-state index contributed by atoms with van der Waals surface area (Å²) >= 11 is 11.9. The quantitative estimate of drug-likeness (QED) is 0.778. The maximum atomic E-state index is 12.0. The molecule has 1 amide bonds. The highest BCUT2D eigenvalue weighted by Gasteiger charge is 2.67. The predicted octanol–water partition coefficient (Wildman–Crippen LogP) is 3.21. The van der Waals surface area contributed by atoms with E-state index in [1.807, 2.05) is 13.8 Å². The Labute approximate surface area is 140 Å². The van der Waals surface area contributed by atoms with Crippen molar-refractivity contribution in [2.45, 2.75) is 43.7 Å². The molecule has 0 aliphatic heterocycles. The lowest BCUT2D eigenvalue weighted by atomic mass is 10.1. The van der Waals surface area contributed by atoms with Crippen LogP contribution in [0.1, 0.15) is 38.9 Å². The van der Waals surface area contributed by atoms with E-state index in [4.69, 9.17) is 27.9 Å². The van der Waals surface area contributed by atoms with Crippen LogP contribution in [0.15, 0.2) is 24.3 Å². The maximum Gasteiger partial charge on any atom is 0.229 e. The van der Waals surface area contributed by atoms with Crippen molar-refractivity contribution in [3.63, 3.8) is 0 Å². The summed E-state index contributed by atoms with van der Waals surface area (Å²) in [6.45, 7) is 5.73. The zero-order valence-electron chi connectivity index (χ0n) is 12.9. The summed E-state index contributed by atoms with van der Waals surface area (Å²) in [5, 5.41) is 12.8. The van der Waals surface area contributed by atoms with Gasteiger partial charge in [-0.15, -0.1) is 23.2 Å². The molecule has 1 aliphatic rings. The maximum absolute atomic E-state index is 12.0. The number of aliphatic hydroxyl groups excluding tert-OH is 1. The van der Waals surface area contributed by atoms with Crippen molar-refractivity contribution in [3.8, 4) is 5.75 Å². The summed E-state index contributed by atoms with van der Waals surface area (Å²) in [5.74, 6) is 0.505. The fourth-order valence-electron chi connectivity index (χ4n) is 2.19. The fraction of sp³-hybridized carbons (Fsp3) is 0.562. The van der Waals surface area contributed by atoms with Gasteiger partial charge in [0.15, 0.2) is 0 Å². The standard InChI is InChI=1S/C16H21Cl2NO3/c1-10(2)22-12-6-4-11(5-7-12)13(20)8-19-14(21)15(3)9-16(15,17)18/h4-7,10,13,20H,8-9H2,1-3H3,(H,19,21)/t13-,15+/m0/s1. The molecule has 122 valence electrons. The molecular weight excluding hydrogens is 325 g/mol. The van der Waals surface area contributed by atoms with Gasteiger partial charge < -0.3 is 15.2 Å². The summed E-state index contributed by atoms with van der Waals surface area (Å²) in [4.78, 5) is 12.0. The average molecular weight is 346 g/mol. The van der Waals surface area contributed by atoms with Gasteiger partial charge in [-0.2, -0.15) is 0 Å². The molecule has 0 radical (unpaired) electrons. The first-order chi connectivity index (χ1) is 10.2. The minimum Gasteiger partial charge on any atom is -0.491 e. The number of carbonyl (C=O) groups excluding carboxylic acids is 1. The molecule has 0 saturated heterocycles. The molecule has 1 aromatic carbocycles. The van der Waals surface area contributed by atoms with Gasteiger partial charge in [0, 0.05) is 6.54 Å². The first-order valence-corrected chi connectivity index (χ1v) is 8.02. The number of benzene rings is 1. The van der Waals surface area contributed by atoms with Crippen LogP contribution in [0.5, 0.6) is 5.75 Å². The molecule has 0 unspecified atom stereocenters. The number of hydrogen-bond acceptors (Lipinski definition) is 3. The number of ether oxygens (including phenoxy) is 1. The number of carbonyl (C=O) groups is 1. The summed E-state index contributed by atoms with van der Waals surface area (Å²) < 4.78 is 4.54. The van der Waals surface area contributed by atoms with Crippen LogP contribution in [0.25, 0.3) is 0 Å². The Morgan fingerprint density at radius 2 is 1.91 bits per heavy atom. The third-order valence-corrected chi connectivity index (χ3v) is 4.95. The molecule has 6 heteroatoms. The second kappa shape index (κ2) is 6.26. The summed E-state index contributed by atoms with van der Waals surface area (Å²) in [6, 6.07) is 7.15. The number of halogens is 2. The second-order valence-corrected chi connectivity index (χ2v) is 7.66. The Morgan fingerprint density at radius 3 is 2.36 bits per heavy atom. The van der Waals surface area contributed by atoms with Gasteiger partial charge in [-0.25, -0.2) is 0 Å². The average Bonchev–Trinajstić information content (AvgIpc) is 2.96. The van der Waals surface area contributed by atoms with Gasteiger partial charge in [0.1, 0.15) is 10.1 Å². The van der Waals surface area contributed by atoms with Gasteiger partial charge in [-0.1, -0.05) is 12.1 Å². The third kappa shape index (κ3) is 3.67. The van der Waals surface area contributed by atoms with Gasteiger partial charge in [0.25, 0.3) is 0 Å². The molecule has 0 bridgehead atoms. The fourth-order valence-corrected chi connectivity index (χ4v) is 2.90. The van der Waals surface area contributed by atoms with Crippen LogP contribution in [0.2, 0.25) is 0 Å². The third-order valence-electron chi connectivity index (χ3n) is 3.85. The van der Waals surface area contributed by atoms with Crippen molar-refractivity contribution < 1.29 is 14.6 Å². The molecule has 1 saturated carbocycles. The molecule has 0 spiro atoms. The van der Waals surface area contributed by atoms with Crippen molar-refractivity contribution in [1.82, 2.24) is 5.32 Å². The Hall–Kier alpha value is -0.970. The van der Waals surface area contributed by atoms with E-state index in [0.29, 0.717) is 12.0 Å². The highest BCUT2D eigenvalue weighted by atomic mass is 35.5. The van der Waals surface area contributed by atoms with Crippen LogP contribution in [-0.2, 0) is 4.79 Å². The van der Waals surface area contributed by atoms with E-state index in [0.717, 1.165) is 5.75 Å². The summed E-state index contributed by atoms with van der Waals surface area (Å²) in [5.41, 5.74) is -0.0644. The number of aliphatic hydroxyl groups is 1. The van der Waals surface area contributed by atoms with Crippen molar-refractivity contribution >= 4 is 29.1 Å². The zero-order valence-corrected chi connectivity index (χ0v) is 14.4. The van der Waals surface area contributed by atoms with E-state index in [-0.39, 0.29) is 18.6 Å². The van der Waals surface area contributed by atoms with Crippen molar-refractivity contribution in [2.24, 2.45) is 5.41 Å².